The topological polar surface area (TPSA) is 92.4 Å². The second-order valence-electron chi connectivity index (χ2n) is 2.81. The van der Waals surface area contributed by atoms with Crippen LogP contribution in [0.1, 0.15) is 15.2 Å². The molecule has 2 amide bonds. The first kappa shape index (κ1) is 12.2. The third kappa shape index (κ3) is 3.73. The summed E-state index contributed by atoms with van der Waals surface area (Å²) < 4.78 is 0. The van der Waals surface area contributed by atoms with Gasteiger partial charge in [0.05, 0.1) is 17.0 Å². The Morgan fingerprint density at radius 2 is 2.31 bits per heavy atom. The highest BCUT2D eigenvalue weighted by atomic mass is 32.1. The van der Waals surface area contributed by atoms with Crippen LogP contribution in [0.25, 0.3) is 0 Å². The summed E-state index contributed by atoms with van der Waals surface area (Å²) in [6, 6.07) is 1.59. The van der Waals surface area contributed by atoms with E-state index in [1.165, 1.54) is 11.3 Å². The van der Waals surface area contributed by atoms with Gasteiger partial charge in [-0.15, -0.1) is 11.3 Å². The summed E-state index contributed by atoms with van der Waals surface area (Å²) in [5.74, 6) is 4.20. The number of hydrogen-bond donors (Lipinski definition) is 3. The van der Waals surface area contributed by atoms with Crippen LogP contribution in [0.2, 0.25) is 0 Å². The van der Waals surface area contributed by atoms with E-state index in [0.717, 1.165) is 0 Å². The maximum absolute atomic E-state index is 11.4. The number of aliphatic hydroxyl groups excluding tert-OH is 1. The Hall–Kier alpha value is -1.84. The standard InChI is InChI=1S/C10H10N2O3S/c11-9(14)5-12-10(15)7-4-8(16-6-7)2-1-3-13/h4,6,13H,3,5H2,(H2,11,14)(H,12,15). The number of aliphatic hydroxyl groups is 1. The fourth-order valence-electron chi connectivity index (χ4n) is 0.917. The van der Waals surface area contributed by atoms with Crippen molar-refractivity contribution >= 4 is 23.2 Å². The molecule has 0 aliphatic heterocycles. The fraction of sp³-hybridized carbons (Fsp3) is 0.200. The molecule has 0 aliphatic carbocycles. The number of rotatable bonds is 3. The molecule has 1 rings (SSSR count). The van der Waals surface area contributed by atoms with Gasteiger partial charge in [0.25, 0.3) is 5.91 Å². The van der Waals surface area contributed by atoms with Crippen molar-refractivity contribution in [2.24, 2.45) is 5.73 Å². The summed E-state index contributed by atoms with van der Waals surface area (Å²) in [4.78, 5) is 22.5. The van der Waals surface area contributed by atoms with E-state index in [1.807, 2.05) is 0 Å². The molecule has 0 atom stereocenters. The molecule has 6 heteroatoms. The number of nitrogens with one attached hydrogen (secondary N) is 1. The van der Waals surface area contributed by atoms with Crippen molar-refractivity contribution in [2.45, 2.75) is 0 Å². The quantitative estimate of drug-likeness (QED) is 0.608. The zero-order valence-corrected chi connectivity index (χ0v) is 9.13. The van der Waals surface area contributed by atoms with Crippen molar-refractivity contribution in [3.05, 3.63) is 21.9 Å². The minimum atomic E-state index is -0.594. The Labute approximate surface area is 96.3 Å². The number of carbonyl (C=O) groups excluding carboxylic acids is 2. The average molecular weight is 238 g/mol. The van der Waals surface area contributed by atoms with Crippen LogP contribution in [0.15, 0.2) is 11.4 Å². The largest absolute Gasteiger partial charge is 0.384 e. The molecular formula is C10H10N2O3S. The highest BCUT2D eigenvalue weighted by Gasteiger charge is 2.08. The molecule has 1 aromatic rings. The highest BCUT2D eigenvalue weighted by molar-refractivity contribution is 7.10. The first-order valence-electron chi connectivity index (χ1n) is 4.38. The lowest BCUT2D eigenvalue weighted by atomic mass is 10.3. The number of hydrogen-bond acceptors (Lipinski definition) is 4. The molecule has 0 fully saturated rings. The molecule has 0 bridgehead atoms. The molecule has 1 heterocycles. The van der Waals surface area contributed by atoms with Gasteiger partial charge in [-0.2, -0.15) is 0 Å². The van der Waals surface area contributed by atoms with Crippen LogP contribution in [0.5, 0.6) is 0 Å². The van der Waals surface area contributed by atoms with Gasteiger partial charge in [0.15, 0.2) is 0 Å². The highest BCUT2D eigenvalue weighted by Crippen LogP contribution is 2.13. The first-order chi connectivity index (χ1) is 7.63. The van der Waals surface area contributed by atoms with E-state index in [0.29, 0.717) is 10.4 Å². The SMILES string of the molecule is NC(=O)CNC(=O)c1csc(C#CCO)c1. The lowest BCUT2D eigenvalue weighted by molar-refractivity contribution is -0.117. The molecule has 4 N–H and O–H groups in total. The second kappa shape index (κ2) is 5.90. The summed E-state index contributed by atoms with van der Waals surface area (Å²) >= 11 is 1.29. The first-order valence-corrected chi connectivity index (χ1v) is 5.26. The Bertz CT molecular complexity index is 456. The lowest BCUT2D eigenvalue weighted by Crippen LogP contribution is -2.33. The third-order valence-electron chi connectivity index (χ3n) is 1.58. The summed E-state index contributed by atoms with van der Waals surface area (Å²) in [6.07, 6.45) is 0. The van der Waals surface area contributed by atoms with Gasteiger partial charge in [-0.25, -0.2) is 0 Å². The minimum absolute atomic E-state index is 0.188. The molecule has 1 aromatic heterocycles. The Morgan fingerprint density at radius 3 is 2.94 bits per heavy atom. The van der Waals surface area contributed by atoms with Gasteiger partial charge in [-0.05, 0) is 6.07 Å². The van der Waals surface area contributed by atoms with Gasteiger partial charge in [0, 0.05) is 5.38 Å². The van der Waals surface area contributed by atoms with Gasteiger partial charge in [0.1, 0.15) is 6.61 Å². The summed E-state index contributed by atoms with van der Waals surface area (Å²) in [6.45, 7) is -0.409. The Kier molecular flexibility index (Phi) is 4.51. The second-order valence-corrected chi connectivity index (χ2v) is 3.72. The van der Waals surface area contributed by atoms with Crippen molar-refractivity contribution in [1.29, 1.82) is 0 Å². The smallest absolute Gasteiger partial charge is 0.252 e. The van der Waals surface area contributed by atoms with Crippen LogP contribution in [-0.4, -0.2) is 30.1 Å². The van der Waals surface area contributed by atoms with Crippen molar-refractivity contribution in [1.82, 2.24) is 5.32 Å². The molecule has 0 saturated carbocycles. The lowest BCUT2D eigenvalue weighted by Gasteiger charge is -1.98. The number of carbonyl (C=O) groups is 2. The number of nitrogens with two attached hydrogens (primary N) is 1. The minimum Gasteiger partial charge on any atom is -0.384 e. The van der Waals surface area contributed by atoms with E-state index in [9.17, 15) is 9.59 Å². The number of primary amides is 1. The van der Waals surface area contributed by atoms with E-state index in [1.54, 1.807) is 11.4 Å². The van der Waals surface area contributed by atoms with Crippen molar-refractivity contribution in [3.8, 4) is 11.8 Å². The predicted molar refractivity (Wildman–Crippen MR) is 59.8 cm³/mol. The summed E-state index contributed by atoms with van der Waals surface area (Å²) in [5.41, 5.74) is 5.31. The van der Waals surface area contributed by atoms with Gasteiger partial charge >= 0.3 is 0 Å². The van der Waals surface area contributed by atoms with E-state index in [-0.39, 0.29) is 19.1 Å². The normalized spacial score (nSPS) is 9.06. The van der Waals surface area contributed by atoms with E-state index >= 15 is 0 Å². The molecule has 5 nitrogen and oxygen atoms in total. The molecule has 0 saturated heterocycles. The van der Waals surface area contributed by atoms with Crippen molar-refractivity contribution < 1.29 is 14.7 Å². The average Bonchev–Trinajstić information content (AvgIpc) is 2.71. The number of amides is 2. The molecule has 0 unspecified atom stereocenters. The summed E-state index contributed by atoms with van der Waals surface area (Å²) in [5, 5.41) is 12.5. The van der Waals surface area contributed by atoms with E-state index < -0.39 is 5.91 Å². The Morgan fingerprint density at radius 1 is 1.56 bits per heavy atom. The molecule has 16 heavy (non-hydrogen) atoms. The fourth-order valence-corrected chi connectivity index (χ4v) is 1.67. The zero-order valence-electron chi connectivity index (χ0n) is 8.32. The van der Waals surface area contributed by atoms with Crippen LogP contribution in [0.3, 0.4) is 0 Å². The molecule has 0 aliphatic rings. The molecular weight excluding hydrogens is 228 g/mol. The van der Waals surface area contributed by atoms with Gasteiger partial charge in [-0.3, -0.25) is 9.59 Å². The van der Waals surface area contributed by atoms with E-state index in [4.69, 9.17) is 10.8 Å². The number of thiophene rings is 1. The van der Waals surface area contributed by atoms with Gasteiger partial charge < -0.3 is 16.2 Å². The van der Waals surface area contributed by atoms with Gasteiger partial charge in [-0.1, -0.05) is 11.8 Å². The monoisotopic (exact) mass is 238 g/mol. The third-order valence-corrected chi connectivity index (χ3v) is 2.42. The van der Waals surface area contributed by atoms with Crippen LogP contribution in [0.4, 0.5) is 0 Å². The van der Waals surface area contributed by atoms with Crippen LogP contribution in [-0.2, 0) is 4.79 Å². The molecule has 0 aromatic carbocycles. The van der Waals surface area contributed by atoms with Crippen LogP contribution in [0, 0.1) is 11.8 Å². The maximum Gasteiger partial charge on any atom is 0.252 e. The van der Waals surface area contributed by atoms with Gasteiger partial charge in [0.2, 0.25) is 5.91 Å². The van der Waals surface area contributed by atoms with Crippen LogP contribution >= 0.6 is 11.3 Å². The zero-order chi connectivity index (χ0) is 12.0. The molecule has 0 radical (unpaired) electrons. The van der Waals surface area contributed by atoms with Crippen LogP contribution < -0.4 is 11.1 Å². The Balaban J connectivity index is 2.63. The van der Waals surface area contributed by atoms with E-state index in [2.05, 4.69) is 17.2 Å². The summed E-state index contributed by atoms with van der Waals surface area (Å²) in [7, 11) is 0. The molecule has 0 spiro atoms. The maximum atomic E-state index is 11.4. The predicted octanol–water partition coefficient (Wildman–Crippen LogP) is -0.693. The van der Waals surface area contributed by atoms with Crippen molar-refractivity contribution in [2.75, 3.05) is 13.2 Å². The molecule has 84 valence electrons. The van der Waals surface area contributed by atoms with Crippen molar-refractivity contribution in [3.63, 3.8) is 0 Å².